The van der Waals surface area contributed by atoms with E-state index in [1.165, 1.54) is 20.8 Å². The van der Waals surface area contributed by atoms with E-state index in [4.69, 9.17) is 14.2 Å². The molecule has 0 saturated heterocycles. The van der Waals surface area contributed by atoms with Crippen LogP contribution in [0.1, 0.15) is 20.8 Å². The van der Waals surface area contributed by atoms with Crippen molar-refractivity contribution in [3.05, 3.63) is 78.9 Å². The number of carbonyl (C=O) groups is 3. The monoisotopic (exact) mass is 430 g/mol. The second-order valence-corrected chi connectivity index (χ2v) is 7.46. The molecule has 0 aliphatic carbocycles. The summed E-state index contributed by atoms with van der Waals surface area (Å²) in [6.45, 7) is 15.2. The van der Waals surface area contributed by atoms with Crippen LogP contribution in [0.15, 0.2) is 78.9 Å². The molecule has 0 saturated carbocycles. The summed E-state index contributed by atoms with van der Waals surface area (Å²) in [4.78, 5) is 37.1. The highest BCUT2D eigenvalue weighted by atomic mass is 16.6. The van der Waals surface area contributed by atoms with Gasteiger partial charge in [-0.1, -0.05) is 44.0 Å². The van der Waals surface area contributed by atoms with E-state index in [0.29, 0.717) is 10.8 Å². The average molecular weight is 430 g/mol. The first-order valence-corrected chi connectivity index (χ1v) is 9.71. The zero-order valence-electron chi connectivity index (χ0n) is 18.1. The van der Waals surface area contributed by atoms with Crippen LogP contribution in [0.5, 0.6) is 17.2 Å². The smallest absolute Gasteiger partial charge is 0.338 e. The molecule has 32 heavy (non-hydrogen) atoms. The Kier molecular flexibility index (Phi) is 6.25. The Morgan fingerprint density at radius 1 is 0.625 bits per heavy atom. The van der Waals surface area contributed by atoms with Crippen molar-refractivity contribution in [2.24, 2.45) is 0 Å². The van der Waals surface area contributed by atoms with Crippen LogP contribution < -0.4 is 14.2 Å². The van der Waals surface area contributed by atoms with E-state index in [1.807, 2.05) is 30.3 Å². The molecule has 0 radical (unpaired) electrons. The van der Waals surface area contributed by atoms with Gasteiger partial charge in [0.05, 0.1) is 0 Å². The molecular weight excluding hydrogens is 408 g/mol. The Morgan fingerprint density at radius 2 is 1.09 bits per heavy atom. The maximum absolute atomic E-state index is 12.4. The number of carbonyl (C=O) groups excluding carboxylic acids is 3. The van der Waals surface area contributed by atoms with Gasteiger partial charge >= 0.3 is 17.9 Å². The van der Waals surface area contributed by atoms with Crippen molar-refractivity contribution in [2.45, 2.75) is 20.8 Å². The first-order valence-electron chi connectivity index (χ1n) is 9.71. The van der Waals surface area contributed by atoms with Gasteiger partial charge in [0.2, 0.25) is 5.75 Å². The molecule has 0 unspecified atom stereocenters. The van der Waals surface area contributed by atoms with Crippen molar-refractivity contribution in [2.75, 3.05) is 0 Å². The van der Waals surface area contributed by atoms with E-state index in [1.54, 1.807) is 12.1 Å². The lowest BCUT2D eigenvalue weighted by Crippen LogP contribution is -2.16. The van der Waals surface area contributed by atoms with Crippen LogP contribution in [0.4, 0.5) is 0 Å². The molecule has 3 aromatic rings. The van der Waals surface area contributed by atoms with Crippen LogP contribution in [0, 0.1) is 0 Å². The summed E-state index contributed by atoms with van der Waals surface area (Å²) >= 11 is 0. The highest BCUT2D eigenvalue weighted by Crippen LogP contribution is 2.45. The molecule has 6 heteroatoms. The fourth-order valence-corrected chi connectivity index (χ4v) is 2.84. The Morgan fingerprint density at radius 3 is 1.62 bits per heavy atom. The van der Waals surface area contributed by atoms with Crippen molar-refractivity contribution >= 4 is 39.5 Å². The fraction of sp³-hybridized carbons (Fsp3) is 0.115. The minimum atomic E-state index is -0.773. The largest absolute Gasteiger partial charge is 0.419 e. The molecule has 0 amide bonds. The van der Waals surface area contributed by atoms with Gasteiger partial charge in [0.1, 0.15) is 0 Å². The van der Waals surface area contributed by atoms with Gasteiger partial charge in [-0.2, -0.15) is 0 Å². The standard InChI is InChI=1S/C26H22O6/c1-14(2)24(27)30-21-13-19-11-17-9-7-8-10-18(17)12-20(19)22(31-25(28)15(3)4)23(21)32-26(29)16(5)6/h7-13H,1,3,5H2,2,4,6H3. The Bertz CT molecular complexity index is 1330. The molecular formula is C26H22O6. The molecule has 0 aliphatic heterocycles. The molecule has 3 aromatic carbocycles. The van der Waals surface area contributed by atoms with Gasteiger partial charge in [-0.05, 0) is 55.1 Å². The molecule has 0 atom stereocenters. The van der Waals surface area contributed by atoms with Crippen molar-refractivity contribution in [1.82, 2.24) is 0 Å². The van der Waals surface area contributed by atoms with Gasteiger partial charge in [0.25, 0.3) is 0 Å². The zero-order chi connectivity index (χ0) is 23.6. The summed E-state index contributed by atoms with van der Waals surface area (Å²) in [7, 11) is 0. The molecule has 0 bridgehead atoms. The SMILES string of the molecule is C=C(C)C(=O)Oc1cc2cc3ccccc3cc2c(OC(=O)C(=C)C)c1OC(=O)C(=C)C. The van der Waals surface area contributed by atoms with Gasteiger partial charge in [-0.3, -0.25) is 0 Å². The normalized spacial score (nSPS) is 10.5. The molecule has 0 heterocycles. The van der Waals surface area contributed by atoms with Crippen LogP contribution in [0.3, 0.4) is 0 Å². The minimum absolute atomic E-state index is 0.0691. The highest BCUT2D eigenvalue weighted by Gasteiger charge is 2.25. The summed E-state index contributed by atoms with van der Waals surface area (Å²) in [6, 6.07) is 12.8. The van der Waals surface area contributed by atoms with Crippen molar-refractivity contribution < 1.29 is 28.6 Å². The van der Waals surface area contributed by atoms with Crippen LogP contribution in [0.2, 0.25) is 0 Å². The second kappa shape index (κ2) is 8.89. The Labute approximate surface area is 185 Å². The lowest BCUT2D eigenvalue weighted by Gasteiger charge is -2.17. The second-order valence-electron chi connectivity index (χ2n) is 7.46. The van der Waals surface area contributed by atoms with Gasteiger partial charge in [0, 0.05) is 22.1 Å². The highest BCUT2D eigenvalue weighted by molar-refractivity contribution is 6.06. The topological polar surface area (TPSA) is 78.9 Å². The quantitative estimate of drug-likeness (QED) is 0.224. The third-order valence-electron chi connectivity index (χ3n) is 4.52. The molecule has 0 fully saturated rings. The predicted octanol–water partition coefficient (Wildman–Crippen LogP) is 5.44. The summed E-state index contributed by atoms with van der Waals surface area (Å²) in [5, 5.41) is 2.88. The number of hydrogen-bond acceptors (Lipinski definition) is 6. The van der Waals surface area contributed by atoms with E-state index in [9.17, 15) is 14.4 Å². The zero-order valence-corrected chi connectivity index (χ0v) is 18.1. The molecule has 162 valence electrons. The van der Waals surface area contributed by atoms with E-state index >= 15 is 0 Å². The number of ether oxygens (including phenoxy) is 3. The maximum atomic E-state index is 12.4. The lowest BCUT2D eigenvalue weighted by atomic mass is 10.0. The molecule has 0 aliphatic rings. The van der Waals surface area contributed by atoms with Gasteiger partial charge in [0.15, 0.2) is 11.5 Å². The first kappa shape index (κ1) is 22.5. The molecule has 3 rings (SSSR count). The number of fused-ring (bicyclic) bond motifs is 2. The van der Waals surface area contributed by atoms with Gasteiger partial charge < -0.3 is 14.2 Å². The third-order valence-corrected chi connectivity index (χ3v) is 4.52. The minimum Gasteiger partial charge on any atom is -0.419 e. The first-order chi connectivity index (χ1) is 15.1. The van der Waals surface area contributed by atoms with Crippen molar-refractivity contribution in [3.63, 3.8) is 0 Å². The summed E-state index contributed by atoms with van der Waals surface area (Å²) in [5.41, 5.74) is 0.389. The van der Waals surface area contributed by atoms with Crippen LogP contribution in [-0.2, 0) is 14.4 Å². The van der Waals surface area contributed by atoms with E-state index in [0.717, 1.165) is 10.8 Å². The summed E-state index contributed by atoms with van der Waals surface area (Å²) < 4.78 is 16.5. The van der Waals surface area contributed by atoms with Crippen LogP contribution in [0.25, 0.3) is 21.5 Å². The van der Waals surface area contributed by atoms with Gasteiger partial charge in [-0.25, -0.2) is 14.4 Å². The van der Waals surface area contributed by atoms with E-state index < -0.39 is 17.9 Å². The number of hydrogen-bond donors (Lipinski definition) is 0. The summed E-state index contributed by atoms with van der Waals surface area (Å²) in [5.74, 6) is -2.61. The lowest BCUT2D eigenvalue weighted by molar-refractivity contribution is -0.133. The fourth-order valence-electron chi connectivity index (χ4n) is 2.84. The number of benzene rings is 3. The third kappa shape index (κ3) is 4.59. The molecule has 0 aromatic heterocycles. The molecule has 6 nitrogen and oxygen atoms in total. The Balaban J connectivity index is 2.37. The number of esters is 3. The molecule has 0 N–H and O–H groups in total. The van der Waals surface area contributed by atoms with Crippen molar-refractivity contribution in [3.8, 4) is 17.2 Å². The van der Waals surface area contributed by atoms with E-state index in [2.05, 4.69) is 19.7 Å². The van der Waals surface area contributed by atoms with Crippen LogP contribution in [-0.4, -0.2) is 17.9 Å². The van der Waals surface area contributed by atoms with Gasteiger partial charge in [-0.15, -0.1) is 0 Å². The summed E-state index contributed by atoms with van der Waals surface area (Å²) in [6.07, 6.45) is 0. The van der Waals surface area contributed by atoms with Crippen molar-refractivity contribution in [1.29, 1.82) is 0 Å². The predicted molar refractivity (Wildman–Crippen MR) is 123 cm³/mol. The molecule has 0 spiro atoms. The Hall–Kier alpha value is -4.19. The number of rotatable bonds is 6. The van der Waals surface area contributed by atoms with E-state index in [-0.39, 0.29) is 34.0 Å². The maximum Gasteiger partial charge on any atom is 0.338 e. The average Bonchev–Trinajstić information content (AvgIpc) is 2.74. The van der Waals surface area contributed by atoms with Crippen LogP contribution >= 0.6 is 0 Å².